The number of amides is 2. The summed E-state index contributed by atoms with van der Waals surface area (Å²) in [5.74, 6) is -0.498. The Morgan fingerprint density at radius 2 is 1.93 bits per heavy atom. The Morgan fingerprint density at radius 1 is 1.19 bits per heavy atom. The Bertz CT molecular complexity index is 947. The summed E-state index contributed by atoms with van der Waals surface area (Å²) in [5.41, 5.74) is 3.14. The van der Waals surface area contributed by atoms with Crippen molar-refractivity contribution in [2.45, 2.75) is 25.5 Å². The first-order valence-electron chi connectivity index (χ1n) is 8.20. The summed E-state index contributed by atoms with van der Waals surface area (Å²) >= 11 is 13.3. The minimum atomic E-state index is -0.538. The summed E-state index contributed by atoms with van der Waals surface area (Å²) in [7, 11) is 0. The van der Waals surface area contributed by atoms with Gasteiger partial charge in [0, 0.05) is 22.2 Å². The maximum atomic E-state index is 12.3. The summed E-state index contributed by atoms with van der Waals surface area (Å²) in [6, 6.07) is 10.7. The van der Waals surface area contributed by atoms with E-state index in [-0.39, 0.29) is 18.2 Å². The highest BCUT2D eigenvalue weighted by Gasteiger charge is 2.32. The van der Waals surface area contributed by atoms with E-state index in [9.17, 15) is 9.59 Å². The van der Waals surface area contributed by atoms with Gasteiger partial charge in [0.15, 0.2) is 5.17 Å². The van der Waals surface area contributed by atoms with Crippen molar-refractivity contribution >= 4 is 63.3 Å². The van der Waals surface area contributed by atoms with Crippen molar-refractivity contribution in [3.63, 3.8) is 0 Å². The fourth-order valence-corrected chi connectivity index (χ4v) is 3.79. The molecule has 2 N–H and O–H groups in total. The largest absolute Gasteiger partial charge is 0.326 e. The van der Waals surface area contributed by atoms with Gasteiger partial charge in [0.25, 0.3) is 0 Å². The SMILES string of the molecule is Cc1ccc(N=C2NC(=O)[C@H](CC(=O)Nc3cc(Cl)ccc3C)S2)cc1Cl. The molecule has 0 aliphatic carbocycles. The third-order valence-electron chi connectivity index (χ3n) is 4.01. The quantitative estimate of drug-likeness (QED) is 0.740. The van der Waals surface area contributed by atoms with E-state index >= 15 is 0 Å². The Kier molecular flexibility index (Phi) is 6.09. The minimum absolute atomic E-state index is 0.0378. The molecule has 2 aromatic rings. The highest BCUT2D eigenvalue weighted by molar-refractivity contribution is 8.15. The van der Waals surface area contributed by atoms with Crippen LogP contribution in [-0.4, -0.2) is 22.2 Å². The molecule has 0 spiro atoms. The second-order valence-corrected chi connectivity index (χ2v) is 8.19. The molecular weight excluding hydrogens is 405 g/mol. The maximum Gasteiger partial charge on any atom is 0.240 e. The molecule has 3 rings (SSSR count). The molecular formula is C19H17Cl2N3O2S. The van der Waals surface area contributed by atoms with Crippen molar-refractivity contribution in [3.8, 4) is 0 Å². The normalized spacial score (nSPS) is 17.9. The summed E-state index contributed by atoms with van der Waals surface area (Å²) in [6.07, 6.45) is 0.0378. The van der Waals surface area contributed by atoms with Crippen molar-refractivity contribution in [1.29, 1.82) is 0 Å². The van der Waals surface area contributed by atoms with Gasteiger partial charge in [0.1, 0.15) is 5.25 Å². The number of carbonyl (C=O) groups is 2. The molecule has 0 bridgehead atoms. The lowest BCUT2D eigenvalue weighted by Crippen LogP contribution is -2.28. The molecule has 1 fully saturated rings. The van der Waals surface area contributed by atoms with Gasteiger partial charge < -0.3 is 10.6 Å². The van der Waals surface area contributed by atoms with Crippen LogP contribution in [0, 0.1) is 13.8 Å². The van der Waals surface area contributed by atoms with Gasteiger partial charge in [-0.3, -0.25) is 9.59 Å². The number of benzene rings is 2. The lowest BCUT2D eigenvalue weighted by Gasteiger charge is -2.10. The van der Waals surface area contributed by atoms with E-state index in [4.69, 9.17) is 23.2 Å². The number of aryl methyl sites for hydroxylation is 2. The van der Waals surface area contributed by atoms with Crippen LogP contribution in [0.2, 0.25) is 10.0 Å². The van der Waals surface area contributed by atoms with Crippen molar-refractivity contribution in [1.82, 2.24) is 5.32 Å². The van der Waals surface area contributed by atoms with Crippen LogP contribution in [0.15, 0.2) is 41.4 Å². The third kappa shape index (κ3) is 5.03. The van der Waals surface area contributed by atoms with Gasteiger partial charge in [0.05, 0.1) is 5.69 Å². The lowest BCUT2D eigenvalue weighted by atomic mass is 10.2. The Hall–Kier alpha value is -2.02. The van der Waals surface area contributed by atoms with Crippen molar-refractivity contribution in [2.75, 3.05) is 5.32 Å². The predicted octanol–water partition coefficient (Wildman–Crippen LogP) is 4.86. The molecule has 1 saturated heterocycles. The zero-order chi connectivity index (χ0) is 19.6. The molecule has 1 aliphatic heterocycles. The number of nitrogens with one attached hydrogen (secondary N) is 2. The molecule has 2 aromatic carbocycles. The molecule has 8 heteroatoms. The molecule has 0 aromatic heterocycles. The van der Waals surface area contributed by atoms with Crippen LogP contribution in [0.4, 0.5) is 11.4 Å². The fourth-order valence-electron chi connectivity index (χ4n) is 2.46. The van der Waals surface area contributed by atoms with Crippen LogP contribution in [-0.2, 0) is 9.59 Å². The number of aliphatic imine (C=N–C) groups is 1. The van der Waals surface area contributed by atoms with Gasteiger partial charge in [-0.25, -0.2) is 4.99 Å². The molecule has 27 heavy (non-hydrogen) atoms. The van der Waals surface area contributed by atoms with Crippen LogP contribution in [0.5, 0.6) is 0 Å². The zero-order valence-corrected chi connectivity index (χ0v) is 17.0. The van der Waals surface area contributed by atoms with E-state index in [1.807, 2.05) is 32.0 Å². The van der Waals surface area contributed by atoms with Crippen LogP contribution in [0.3, 0.4) is 0 Å². The second-order valence-electron chi connectivity index (χ2n) is 6.16. The number of hydrogen-bond donors (Lipinski definition) is 2. The Balaban J connectivity index is 1.65. The number of halogens is 2. The van der Waals surface area contributed by atoms with Crippen molar-refractivity contribution in [3.05, 3.63) is 57.6 Å². The third-order valence-corrected chi connectivity index (χ3v) is 5.73. The molecule has 1 heterocycles. The van der Waals surface area contributed by atoms with E-state index < -0.39 is 5.25 Å². The standard InChI is InChI=1S/C19H17Cl2N3O2S/c1-10-4-6-13(8-14(10)21)22-19-24-18(26)16(27-19)9-17(25)23-15-7-12(20)5-3-11(15)2/h3-8,16H,9H2,1-2H3,(H,23,25)(H,22,24,26)/t16-/m0/s1. The average Bonchev–Trinajstić information content (AvgIpc) is 2.93. The number of thioether (sulfide) groups is 1. The van der Waals surface area contributed by atoms with Crippen LogP contribution < -0.4 is 10.6 Å². The summed E-state index contributed by atoms with van der Waals surface area (Å²) in [6.45, 7) is 3.78. The second kappa shape index (κ2) is 8.33. The first-order valence-corrected chi connectivity index (χ1v) is 9.84. The van der Waals surface area contributed by atoms with E-state index in [0.29, 0.717) is 26.6 Å². The molecule has 140 valence electrons. The number of hydrogen-bond acceptors (Lipinski definition) is 4. The molecule has 0 saturated carbocycles. The van der Waals surface area contributed by atoms with Crippen LogP contribution in [0.1, 0.15) is 17.5 Å². The van der Waals surface area contributed by atoms with Gasteiger partial charge in [-0.05, 0) is 49.2 Å². The zero-order valence-electron chi connectivity index (χ0n) is 14.7. The fraction of sp³-hybridized carbons (Fsp3) is 0.211. The highest BCUT2D eigenvalue weighted by atomic mass is 35.5. The molecule has 1 atom stereocenters. The van der Waals surface area contributed by atoms with E-state index in [1.165, 1.54) is 11.8 Å². The first-order chi connectivity index (χ1) is 12.8. The van der Waals surface area contributed by atoms with Gasteiger partial charge >= 0.3 is 0 Å². The average molecular weight is 422 g/mol. The van der Waals surface area contributed by atoms with Crippen molar-refractivity contribution < 1.29 is 9.59 Å². The van der Waals surface area contributed by atoms with Crippen LogP contribution in [0.25, 0.3) is 0 Å². The smallest absolute Gasteiger partial charge is 0.240 e. The monoisotopic (exact) mass is 421 g/mol. The lowest BCUT2D eigenvalue weighted by molar-refractivity contribution is -0.122. The van der Waals surface area contributed by atoms with E-state index in [2.05, 4.69) is 15.6 Å². The number of anilines is 1. The highest BCUT2D eigenvalue weighted by Crippen LogP contribution is 2.28. The molecule has 2 amide bonds. The minimum Gasteiger partial charge on any atom is -0.326 e. The Morgan fingerprint density at radius 3 is 2.67 bits per heavy atom. The number of carbonyl (C=O) groups excluding carboxylic acids is 2. The summed E-state index contributed by atoms with van der Waals surface area (Å²) < 4.78 is 0. The topological polar surface area (TPSA) is 70.6 Å². The van der Waals surface area contributed by atoms with Gasteiger partial charge in [0.2, 0.25) is 11.8 Å². The molecule has 0 unspecified atom stereocenters. The van der Waals surface area contributed by atoms with Crippen molar-refractivity contribution in [2.24, 2.45) is 4.99 Å². The summed E-state index contributed by atoms with van der Waals surface area (Å²) in [5, 5.41) is 6.57. The van der Waals surface area contributed by atoms with Gasteiger partial charge in [-0.1, -0.05) is 47.1 Å². The van der Waals surface area contributed by atoms with E-state index in [1.54, 1.807) is 18.2 Å². The number of rotatable bonds is 4. The predicted molar refractivity (Wildman–Crippen MR) is 112 cm³/mol. The van der Waals surface area contributed by atoms with Gasteiger partial charge in [-0.15, -0.1) is 0 Å². The molecule has 1 aliphatic rings. The van der Waals surface area contributed by atoms with E-state index in [0.717, 1.165) is 11.1 Å². The first kappa shape index (κ1) is 19.7. The summed E-state index contributed by atoms with van der Waals surface area (Å²) in [4.78, 5) is 28.9. The Labute approximate surface area is 171 Å². The molecule has 0 radical (unpaired) electrons. The molecule has 5 nitrogen and oxygen atoms in total. The van der Waals surface area contributed by atoms with Crippen LogP contribution >= 0.6 is 35.0 Å². The maximum absolute atomic E-state index is 12.3. The van der Waals surface area contributed by atoms with Gasteiger partial charge in [-0.2, -0.15) is 0 Å². The number of amidine groups is 1. The number of nitrogens with zero attached hydrogens (tertiary/aromatic N) is 1.